The summed E-state index contributed by atoms with van der Waals surface area (Å²) >= 11 is 0. The highest BCUT2D eigenvalue weighted by Crippen LogP contribution is 2.55. The lowest BCUT2D eigenvalue weighted by Gasteiger charge is -2.24. The van der Waals surface area contributed by atoms with Crippen LogP contribution in [0.5, 0.6) is 0 Å². The second-order valence-corrected chi connectivity index (χ2v) is 12.1. The second-order valence-electron chi connectivity index (χ2n) is 12.1. The van der Waals surface area contributed by atoms with Crippen molar-refractivity contribution >= 4 is 22.1 Å². The molecule has 0 aliphatic heterocycles. The lowest BCUT2D eigenvalue weighted by atomic mass is 9.84. The Kier molecular flexibility index (Phi) is 5.47. The number of hydrogen-bond acceptors (Lipinski definition) is 4. The van der Waals surface area contributed by atoms with Gasteiger partial charge in [0.2, 0.25) is 0 Å². The highest BCUT2D eigenvalue weighted by atomic mass is 16.3. The van der Waals surface area contributed by atoms with Crippen molar-refractivity contribution in [3.8, 4) is 51.0 Å². The molecular formula is C40H28N4O. The van der Waals surface area contributed by atoms with Crippen LogP contribution in [0.25, 0.3) is 73.0 Å². The van der Waals surface area contributed by atoms with Crippen LogP contribution in [0.3, 0.4) is 0 Å². The van der Waals surface area contributed by atoms with Gasteiger partial charge in [-0.1, -0.05) is 117 Å². The van der Waals surface area contributed by atoms with E-state index in [0.717, 1.165) is 55.6 Å². The van der Waals surface area contributed by atoms with E-state index in [4.69, 9.17) is 19.4 Å². The number of hydrogen-bond donors (Lipinski definition) is 0. The zero-order valence-corrected chi connectivity index (χ0v) is 24.9. The van der Waals surface area contributed by atoms with E-state index in [1.165, 1.54) is 11.3 Å². The average Bonchev–Trinajstić information content (AvgIpc) is 3.71. The van der Waals surface area contributed by atoms with E-state index in [9.17, 15) is 0 Å². The van der Waals surface area contributed by atoms with Gasteiger partial charge in [-0.25, -0.2) is 15.0 Å². The zero-order chi connectivity index (χ0) is 30.1. The molecule has 0 saturated carbocycles. The molecule has 1 aliphatic carbocycles. The number of benzene rings is 5. The Morgan fingerprint density at radius 1 is 0.578 bits per heavy atom. The third-order valence-corrected chi connectivity index (χ3v) is 9.01. The summed E-state index contributed by atoms with van der Waals surface area (Å²) in [7, 11) is 0. The minimum absolute atomic E-state index is 0.273. The van der Waals surface area contributed by atoms with Crippen LogP contribution in [0.2, 0.25) is 0 Å². The Morgan fingerprint density at radius 3 is 1.78 bits per heavy atom. The van der Waals surface area contributed by atoms with Crippen molar-refractivity contribution < 1.29 is 4.42 Å². The molecule has 0 spiro atoms. The SMILES string of the molecule is CC1(C)c2ccc(-c3nc(-c4ccccc4)nc(-c4ccccc4)n3)cc2-c2c1n(-c1ccccc1)c1c2oc2ccccc21. The van der Waals surface area contributed by atoms with Crippen molar-refractivity contribution in [2.45, 2.75) is 19.3 Å². The highest BCUT2D eigenvalue weighted by molar-refractivity contribution is 6.12. The van der Waals surface area contributed by atoms with Crippen LogP contribution >= 0.6 is 0 Å². The predicted octanol–water partition coefficient (Wildman–Crippen LogP) is 9.87. The fourth-order valence-electron chi connectivity index (χ4n) is 6.93. The molecule has 3 heterocycles. The molecule has 3 aromatic heterocycles. The van der Waals surface area contributed by atoms with Crippen molar-refractivity contribution in [3.63, 3.8) is 0 Å². The summed E-state index contributed by atoms with van der Waals surface area (Å²) < 4.78 is 9.09. The first kappa shape index (κ1) is 25.7. The molecule has 5 aromatic carbocycles. The maximum absolute atomic E-state index is 6.69. The van der Waals surface area contributed by atoms with E-state index in [-0.39, 0.29) is 5.41 Å². The zero-order valence-electron chi connectivity index (χ0n) is 24.9. The first-order valence-corrected chi connectivity index (χ1v) is 15.2. The van der Waals surface area contributed by atoms with E-state index in [1.807, 2.05) is 66.7 Å². The molecule has 0 atom stereocenters. The normalized spacial score (nSPS) is 13.3. The number of nitrogens with zero attached hydrogens (tertiary/aromatic N) is 4. The molecule has 45 heavy (non-hydrogen) atoms. The summed E-state index contributed by atoms with van der Waals surface area (Å²) in [4.78, 5) is 14.9. The van der Waals surface area contributed by atoms with Gasteiger partial charge in [-0.2, -0.15) is 0 Å². The van der Waals surface area contributed by atoms with E-state index < -0.39 is 0 Å². The van der Waals surface area contributed by atoms with Gasteiger partial charge in [0.15, 0.2) is 23.1 Å². The maximum Gasteiger partial charge on any atom is 0.164 e. The predicted molar refractivity (Wildman–Crippen MR) is 180 cm³/mol. The third kappa shape index (κ3) is 3.84. The van der Waals surface area contributed by atoms with Crippen LogP contribution in [0.1, 0.15) is 25.1 Å². The smallest absolute Gasteiger partial charge is 0.164 e. The molecule has 0 bridgehead atoms. The Labute approximate surface area is 260 Å². The van der Waals surface area contributed by atoms with Gasteiger partial charge in [0.1, 0.15) is 11.1 Å². The Hall–Kier alpha value is -5.81. The molecule has 0 radical (unpaired) electrons. The van der Waals surface area contributed by atoms with Crippen molar-refractivity contribution in [3.05, 3.63) is 145 Å². The van der Waals surface area contributed by atoms with Crippen molar-refractivity contribution in [2.75, 3.05) is 0 Å². The molecule has 214 valence electrons. The molecule has 0 N–H and O–H groups in total. The van der Waals surface area contributed by atoms with E-state index in [2.05, 4.69) is 85.1 Å². The largest absolute Gasteiger partial charge is 0.454 e. The summed E-state index contributed by atoms with van der Waals surface area (Å²) in [6.07, 6.45) is 0. The topological polar surface area (TPSA) is 56.7 Å². The monoisotopic (exact) mass is 580 g/mol. The van der Waals surface area contributed by atoms with Crippen LogP contribution in [0.15, 0.2) is 138 Å². The van der Waals surface area contributed by atoms with Crippen LogP contribution in [-0.4, -0.2) is 19.5 Å². The van der Waals surface area contributed by atoms with Gasteiger partial charge in [-0.3, -0.25) is 0 Å². The number of para-hydroxylation sites is 2. The summed E-state index contributed by atoms with van der Waals surface area (Å²) in [6.45, 7) is 4.61. The van der Waals surface area contributed by atoms with Gasteiger partial charge in [0, 0.05) is 44.4 Å². The van der Waals surface area contributed by atoms with Crippen molar-refractivity contribution in [1.82, 2.24) is 19.5 Å². The first-order chi connectivity index (χ1) is 22.1. The number of aromatic nitrogens is 4. The molecule has 5 heteroatoms. The molecule has 0 unspecified atom stereocenters. The highest BCUT2D eigenvalue weighted by Gasteiger charge is 2.43. The van der Waals surface area contributed by atoms with Crippen LogP contribution < -0.4 is 0 Å². The standard InChI is InChI=1S/C40H28N4O/c1-40(2)31-23-22-27(39-42-37(25-14-6-3-7-15-25)41-38(43-39)26-16-8-4-9-17-26)24-30(31)33-35-34(29-20-12-13-21-32(29)45-35)44(36(33)40)28-18-10-5-11-19-28/h3-24H,1-2H3. The van der Waals surface area contributed by atoms with Crippen molar-refractivity contribution in [2.24, 2.45) is 0 Å². The lowest BCUT2D eigenvalue weighted by molar-refractivity contribution is 0.624. The molecule has 0 saturated heterocycles. The summed E-state index contributed by atoms with van der Waals surface area (Å²) in [5.74, 6) is 1.94. The lowest BCUT2D eigenvalue weighted by Crippen LogP contribution is -2.19. The minimum atomic E-state index is -0.273. The average molecular weight is 581 g/mol. The Bertz CT molecular complexity index is 2330. The molecule has 9 rings (SSSR count). The number of fused-ring (bicyclic) bond motifs is 7. The molecule has 1 aliphatic rings. The van der Waals surface area contributed by atoms with E-state index >= 15 is 0 Å². The van der Waals surface area contributed by atoms with Crippen LogP contribution in [0, 0.1) is 0 Å². The van der Waals surface area contributed by atoms with Gasteiger partial charge in [0.25, 0.3) is 0 Å². The molecule has 0 amide bonds. The molecular weight excluding hydrogens is 552 g/mol. The fraction of sp³-hybridized carbons (Fsp3) is 0.0750. The maximum atomic E-state index is 6.69. The number of rotatable bonds is 4. The summed E-state index contributed by atoms with van der Waals surface area (Å²) in [5.41, 5.74) is 11.3. The molecule has 8 aromatic rings. The van der Waals surface area contributed by atoms with Gasteiger partial charge in [0.05, 0.1) is 0 Å². The van der Waals surface area contributed by atoms with Gasteiger partial charge in [-0.05, 0) is 41.5 Å². The van der Waals surface area contributed by atoms with Gasteiger partial charge < -0.3 is 8.98 Å². The third-order valence-electron chi connectivity index (χ3n) is 9.01. The molecule has 0 fully saturated rings. The van der Waals surface area contributed by atoms with E-state index in [0.29, 0.717) is 17.5 Å². The van der Waals surface area contributed by atoms with Crippen molar-refractivity contribution in [1.29, 1.82) is 0 Å². The van der Waals surface area contributed by atoms with Gasteiger partial charge in [-0.15, -0.1) is 0 Å². The fourth-order valence-corrected chi connectivity index (χ4v) is 6.93. The summed E-state index contributed by atoms with van der Waals surface area (Å²) in [5, 5.41) is 1.11. The van der Waals surface area contributed by atoms with Crippen LogP contribution in [0.4, 0.5) is 0 Å². The van der Waals surface area contributed by atoms with Crippen LogP contribution in [-0.2, 0) is 5.41 Å². The minimum Gasteiger partial charge on any atom is -0.454 e. The quantitative estimate of drug-likeness (QED) is 0.208. The Morgan fingerprint density at radius 2 is 1.13 bits per heavy atom. The molecule has 5 nitrogen and oxygen atoms in total. The second kappa shape index (κ2) is 9.60. The Balaban J connectivity index is 1.31. The first-order valence-electron chi connectivity index (χ1n) is 15.2. The van der Waals surface area contributed by atoms with E-state index in [1.54, 1.807) is 0 Å². The van der Waals surface area contributed by atoms with Gasteiger partial charge >= 0.3 is 0 Å². The summed E-state index contributed by atoms with van der Waals surface area (Å²) in [6, 6.07) is 45.7. The number of furan rings is 1.